The normalized spacial score (nSPS) is 13.9. The van der Waals surface area contributed by atoms with Crippen LogP contribution >= 0.6 is 0 Å². The lowest BCUT2D eigenvalue weighted by molar-refractivity contribution is -0.142. The number of carboxylic acid groups (broad SMARTS) is 1. The molecule has 3 aromatic rings. The SMILES string of the molecule is CC(NC(=O)C(Cc1ccc(O)cc1)NC(=O)C(N)Cc1ccccc1)C(=O)NC(Cc1cnc[nH]1)C(=O)O. The summed E-state index contributed by atoms with van der Waals surface area (Å²) >= 11 is 0. The van der Waals surface area contributed by atoms with Crippen LogP contribution in [-0.4, -0.2) is 68.0 Å². The van der Waals surface area contributed by atoms with Crippen LogP contribution in [0.25, 0.3) is 0 Å². The van der Waals surface area contributed by atoms with Crippen molar-refractivity contribution < 1.29 is 29.4 Å². The highest BCUT2D eigenvalue weighted by molar-refractivity contribution is 5.94. The molecule has 4 atom stereocenters. The fourth-order valence-electron chi connectivity index (χ4n) is 3.81. The summed E-state index contributed by atoms with van der Waals surface area (Å²) in [5, 5.41) is 26.7. The fourth-order valence-corrected chi connectivity index (χ4v) is 3.81. The molecule has 0 spiro atoms. The minimum absolute atomic E-state index is 0.0272. The number of nitrogens with one attached hydrogen (secondary N) is 4. The molecule has 4 unspecified atom stereocenters. The molecule has 39 heavy (non-hydrogen) atoms. The quantitative estimate of drug-likeness (QED) is 0.159. The van der Waals surface area contributed by atoms with Gasteiger partial charge in [-0.2, -0.15) is 0 Å². The number of amides is 3. The Hall–Kier alpha value is -4.71. The Balaban J connectivity index is 1.67. The van der Waals surface area contributed by atoms with Gasteiger partial charge >= 0.3 is 5.97 Å². The van der Waals surface area contributed by atoms with Crippen LogP contribution in [0.4, 0.5) is 0 Å². The van der Waals surface area contributed by atoms with Gasteiger partial charge in [0.15, 0.2) is 0 Å². The van der Waals surface area contributed by atoms with Gasteiger partial charge < -0.3 is 36.9 Å². The minimum Gasteiger partial charge on any atom is -0.508 e. The first kappa shape index (κ1) is 28.9. The van der Waals surface area contributed by atoms with E-state index >= 15 is 0 Å². The number of imidazole rings is 1. The molecule has 1 heterocycles. The first-order valence-electron chi connectivity index (χ1n) is 12.3. The number of benzene rings is 2. The van der Waals surface area contributed by atoms with Crippen molar-refractivity contribution in [2.45, 2.75) is 50.4 Å². The molecule has 0 aliphatic carbocycles. The van der Waals surface area contributed by atoms with Gasteiger partial charge in [-0.25, -0.2) is 9.78 Å². The molecule has 12 nitrogen and oxygen atoms in total. The number of nitrogens with two attached hydrogens (primary N) is 1. The Morgan fingerprint density at radius 3 is 2.10 bits per heavy atom. The van der Waals surface area contributed by atoms with Crippen molar-refractivity contribution in [1.29, 1.82) is 0 Å². The monoisotopic (exact) mass is 536 g/mol. The lowest BCUT2D eigenvalue weighted by Gasteiger charge is -2.24. The highest BCUT2D eigenvalue weighted by Gasteiger charge is 2.29. The van der Waals surface area contributed by atoms with Crippen LogP contribution in [0.3, 0.4) is 0 Å². The Kier molecular flexibility index (Phi) is 10.2. The van der Waals surface area contributed by atoms with Crippen molar-refractivity contribution in [3.05, 3.63) is 83.9 Å². The smallest absolute Gasteiger partial charge is 0.326 e. The van der Waals surface area contributed by atoms with E-state index in [1.54, 1.807) is 12.1 Å². The Labute approximate surface area is 225 Å². The van der Waals surface area contributed by atoms with Gasteiger partial charge in [0.25, 0.3) is 0 Å². The summed E-state index contributed by atoms with van der Waals surface area (Å²) in [5.41, 5.74) is 8.11. The molecule has 2 aromatic carbocycles. The van der Waals surface area contributed by atoms with Crippen LogP contribution in [0.5, 0.6) is 5.75 Å². The second-order valence-electron chi connectivity index (χ2n) is 9.14. The number of carbonyl (C=O) groups excluding carboxylic acids is 3. The highest BCUT2D eigenvalue weighted by atomic mass is 16.4. The molecule has 3 amide bonds. The first-order valence-corrected chi connectivity index (χ1v) is 12.3. The zero-order valence-corrected chi connectivity index (χ0v) is 21.3. The molecule has 0 aliphatic rings. The lowest BCUT2D eigenvalue weighted by atomic mass is 10.0. The summed E-state index contributed by atoms with van der Waals surface area (Å²) in [7, 11) is 0. The number of aromatic hydroxyl groups is 1. The molecule has 1 aromatic heterocycles. The maximum Gasteiger partial charge on any atom is 0.326 e. The van der Waals surface area contributed by atoms with Crippen molar-refractivity contribution in [3.8, 4) is 5.75 Å². The second-order valence-corrected chi connectivity index (χ2v) is 9.14. The summed E-state index contributed by atoms with van der Waals surface area (Å²) in [6, 6.07) is 10.9. The molecule has 206 valence electrons. The average molecular weight is 537 g/mol. The van der Waals surface area contributed by atoms with Crippen molar-refractivity contribution in [2.24, 2.45) is 5.73 Å². The molecular formula is C27H32N6O6. The summed E-state index contributed by atoms with van der Waals surface area (Å²) < 4.78 is 0. The van der Waals surface area contributed by atoms with E-state index in [-0.39, 0.29) is 25.0 Å². The zero-order chi connectivity index (χ0) is 28.4. The maximum atomic E-state index is 13.2. The number of aromatic nitrogens is 2. The lowest BCUT2D eigenvalue weighted by Crippen LogP contribution is -2.57. The molecular weight excluding hydrogens is 504 g/mol. The predicted octanol–water partition coefficient (Wildman–Crippen LogP) is 0.0294. The molecule has 0 saturated heterocycles. The number of nitrogens with zero attached hydrogens (tertiary/aromatic N) is 1. The van der Waals surface area contributed by atoms with Crippen LogP contribution in [0, 0.1) is 0 Å². The fraction of sp³-hybridized carbons (Fsp3) is 0.296. The third kappa shape index (κ3) is 8.97. The number of carbonyl (C=O) groups is 4. The molecule has 0 aliphatic heterocycles. The molecule has 0 saturated carbocycles. The average Bonchev–Trinajstić information content (AvgIpc) is 3.42. The highest BCUT2D eigenvalue weighted by Crippen LogP contribution is 2.12. The largest absolute Gasteiger partial charge is 0.508 e. The van der Waals surface area contributed by atoms with E-state index in [1.165, 1.54) is 31.6 Å². The molecule has 0 fully saturated rings. The summed E-state index contributed by atoms with van der Waals surface area (Å²) in [4.78, 5) is 57.1. The third-order valence-electron chi connectivity index (χ3n) is 5.99. The van der Waals surface area contributed by atoms with Crippen LogP contribution in [0.15, 0.2) is 67.1 Å². The van der Waals surface area contributed by atoms with Crippen LogP contribution in [0.1, 0.15) is 23.7 Å². The van der Waals surface area contributed by atoms with Gasteiger partial charge in [0.1, 0.15) is 23.9 Å². The van der Waals surface area contributed by atoms with Gasteiger partial charge in [-0.1, -0.05) is 42.5 Å². The van der Waals surface area contributed by atoms with Gasteiger partial charge in [0.05, 0.1) is 12.4 Å². The molecule has 12 heteroatoms. The number of aliphatic carboxylic acids is 1. The number of rotatable bonds is 13. The van der Waals surface area contributed by atoms with Crippen molar-refractivity contribution in [1.82, 2.24) is 25.9 Å². The number of H-pyrrole nitrogens is 1. The molecule has 8 N–H and O–H groups in total. The first-order chi connectivity index (χ1) is 18.6. The number of hydrogen-bond donors (Lipinski definition) is 7. The molecule has 3 rings (SSSR count). The van der Waals surface area contributed by atoms with E-state index in [1.807, 2.05) is 30.3 Å². The zero-order valence-electron chi connectivity index (χ0n) is 21.3. The number of carboxylic acids is 1. The van der Waals surface area contributed by atoms with Crippen LogP contribution in [0.2, 0.25) is 0 Å². The standard InChI is InChI=1S/C27H32N6O6/c1-16(24(35)33-23(27(38)39)13-19-14-29-15-30-19)31-26(37)22(12-18-7-9-20(34)10-8-18)32-25(36)21(28)11-17-5-3-2-4-6-17/h2-10,14-16,21-23,34H,11-13,28H2,1H3,(H,29,30)(H,31,37)(H,32,36)(H,33,35)(H,38,39). The van der Waals surface area contributed by atoms with Gasteiger partial charge in [0.2, 0.25) is 17.7 Å². The number of aromatic amines is 1. The summed E-state index contributed by atoms with van der Waals surface area (Å²) in [6.07, 6.45) is 3.13. The summed E-state index contributed by atoms with van der Waals surface area (Å²) in [6.45, 7) is 1.41. The van der Waals surface area contributed by atoms with Crippen molar-refractivity contribution >= 4 is 23.7 Å². The second kappa shape index (κ2) is 13.7. The van der Waals surface area contributed by atoms with Crippen LogP contribution in [-0.2, 0) is 38.4 Å². The topological polar surface area (TPSA) is 200 Å². The maximum absolute atomic E-state index is 13.2. The predicted molar refractivity (Wildman–Crippen MR) is 141 cm³/mol. The van der Waals surface area contributed by atoms with E-state index in [0.717, 1.165) is 5.56 Å². The van der Waals surface area contributed by atoms with Gasteiger partial charge in [0, 0.05) is 24.7 Å². The molecule has 0 bridgehead atoms. The summed E-state index contributed by atoms with van der Waals surface area (Å²) in [5.74, 6) is -3.14. The van der Waals surface area contributed by atoms with E-state index in [9.17, 15) is 29.4 Å². The number of hydrogen-bond acceptors (Lipinski definition) is 7. The van der Waals surface area contributed by atoms with Gasteiger partial charge in [-0.15, -0.1) is 0 Å². The Bertz CT molecular complexity index is 1250. The van der Waals surface area contributed by atoms with E-state index in [4.69, 9.17) is 5.73 Å². The van der Waals surface area contributed by atoms with Gasteiger partial charge in [-0.3, -0.25) is 14.4 Å². The Morgan fingerprint density at radius 1 is 0.846 bits per heavy atom. The van der Waals surface area contributed by atoms with E-state index < -0.39 is 47.9 Å². The van der Waals surface area contributed by atoms with E-state index in [2.05, 4.69) is 25.9 Å². The number of phenolic OH excluding ortho intramolecular Hbond substituents is 1. The van der Waals surface area contributed by atoms with Crippen molar-refractivity contribution in [3.63, 3.8) is 0 Å². The van der Waals surface area contributed by atoms with Crippen molar-refractivity contribution in [2.75, 3.05) is 0 Å². The van der Waals surface area contributed by atoms with Gasteiger partial charge in [-0.05, 0) is 36.6 Å². The number of phenols is 1. The molecule has 0 radical (unpaired) electrons. The van der Waals surface area contributed by atoms with Crippen LogP contribution < -0.4 is 21.7 Å². The van der Waals surface area contributed by atoms with E-state index in [0.29, 0.717) is 11.3 Å². The minimum atomic E-state index is -1.25. The Morgan fingerprint density at radius 2 is 1.49 bits per heavy atom. The third-order valence-corrected chi connectivity index (χ3v) is 5.99.